The van der Waals surface area contributed by atoms with Gasteiger partial charge < -0.3 is 5.11 Å². The number of halogens is 1. The number of hydrogen-bond donors (Lipinski definition) is 1. The summed E-state index contributed by atoms with van der Waals surface area (Å²) in [5.74, 6) is 0. The summed E-state index contributed by atoms with van der Waals surface area (Å²) in [5.41, 5.74) is -0.277. The molecule has 0 saturated heterocycles. The van der Waals surface area contributed by atoms with Crippen LogP contribution in [0.4, 0.5) is 5.69 Å². The van der Waals surface area contributed by atoms with Gasteiger partial charge in [0.15, 0.2) is 0 Å². The maximum Gasteiger partial charge on any atom is 0.271 e. The van der Waals surface area contributed by atoms with Gasteiger partial charge in [-0.1, -0.05) is 24.9 Å². The zero-order valence-electron chi connectivity index (χ0n) is 11.5. The Morgan fingerprint density at radius 2 is 2.05 bits per heavy atom. The molecule has 1 aromatic rings. The molecule has 0 atom stereocenters. The first-order valence-electron chi connectivity index (χ1n) is 6.39. The number of aliphatic hydroxyl groups excluding tert-OH is 1. The molecular weight excluding hydrogens is 320 g/mol. The zero-order chi connectivity index (χ0) is 16.0. The molecule has 0 radical (unpaired) electrons. The predicted octanol–water partition coefficient (Wildman–Crippen LogP) is 2.03. The van der Waals surface area contributed by atoms with E-state index in [1.165, 1.54) is 0 Å². The largest absolute Gasteiger partial charge is 0.395 e. The minimum atomic E-state index is -3.89. The molecule has 0 aliphatic carbocycles. The maximum atomic E-state index is 12.5. The first-order valence-corrected chi connectivity index (χ1v) is 8.21. The fourth-order valence-electron chi connectivity index (χ4n) is 1.75. The van der Waals surface area contributed by atoms with Gasteiger partial charge in [0, 0.05) is 25.2 Å². The van der Waals surface area contributed by atoms with Crippen LogP contribution in [0.3, 0.4) is 0 Å². The van der Waals surface area contributed by atoms with Gasteiger partial charge >= 0.3 is 0 Å². The summed E-state index contributed by atoms with van der Waals surface area (Å²) in [6, 6.07) is 3.22. The third-order valence-corrected chi connectivity index (χ3v) is 5.24. The van der Waals surface area contributed by atoms with E-state index < -0.39 is 14.9 Å². The molecule has 7 nitrogen and oxygen atoms in total. The molecule has 118 valence electrons. The van der Waals surface area contributed by atoms with Crippen LogP contribution >= 0.6 is 11.6 Å². The summed E-state index contributed by atoms with van der Waals surface area (Å²) < 4.78 is 26.1. The van der Waals surface area contributed by atoms with Crippen LogP contribution in [0.1, 0.15) is 19.8 Å². The number of hydrogen-bond acceptors (Lipinski definition) is 5. The third-order valence-electron chi connectivity index (χ3n) is 2.85. The van der Waals surface area contributed by atoms with Crippen LogP contribution in [0.15, 0.2) is 23.1 Å². The Labute approximate surface area is 128 Å². The SMILES string of the molecule is CCCCN(CCO)S(=O)(=O)c1ccc([N+](=O)[O-])cc1Cl. The lowest BCUT2D eigenvalue weighted by atomic mass is 10.3. The topological polar surface area (TPSA) is 101 Å². The molecule has 21 heavy (non-hydrogen) atoms. The average molecular weight is 337 g/mol. The molecule has 0 aliphatic rings. The number of rotatable bonds is 8. The standard InChI is InChI=1S/C12H17ClN2O5S/c1-2-3-6-14(7-8-16)21(19,20)12-5-4-10(15(17)18)9-11(12)13/h4-5,9,16H,2-3,6-8H2,1H3. The van der Waals surface area contributed by atoms with Gasteiger partial charge in [0.05, 0.1) is 16.6 Å². The zero-order valence-corrected chi connectivity index (χ0v) is 13.1. The Morgan fingerprint density at radius 3 is 2.52 bits per heavy atom. The molecule has 0 spiro atoms. The van der Waals surface area contributed by atoms with Crippen LogP contribution < -0.4 is 0 Å². The first-order chi connectivity index (χ1) is 9.84. The second-order valence-corrected chi connectivity index (χ2v) is 6.67. The molecule has 0 fully saturated rings. The third kappa shape index (κ3) is 4.37. The summed E-state index contributed by atoms with van der Waals surface area (Å²) in [6.07, 6.45) is 1.44. The number of aliphatic hydroxyl groups is 1. The van der Waals surface area contributed by atoms with Crippen molar-refractivity contribution in [3.05, 3.63) is 33.3 Å². The number of non-ortho nitro benzene ring substituents is 1. The van der Waals surface area contributed by atoms with E-state index in [1.54, 1.807) is 0 Å². The van der Waals surface area contributed by atoms with Gasteiger partial charge in [-0.3, -0.25) is 10.1 Å². The van der Waals surface area contributed by atoms with Gasteiger partial charge in [-0.05, 0) is 12.5 Å². The van der Waals surface area contributed by atoms with Gasteiger partial charge in [-0.25, -0.2) is 8.42 Å². The molecule has 1 aromatic carbocycles. The van der Waals surface area contributed by atoms with Gasteiger partial charge in [0.1, 0.15) is 4.90 Å². The molecule has 0 amide bonds. The van der Waals surface area contributed by atoms with Crippen molar-refractivity contribution in [2.24, 2.45) is 0 Å². The van der Waals surface area contributed by atoms with Gasteiger partial charge in [-0.15, -0.1) is 0 Å². The van der Waals surface area contributed by atoms with Crippen LogP contribution in [0.5, 0.6) is 0 Å². The van der Waals surface area contributed by atoms with Crippen molar-refractivity contribution >= 4 is 27.3 Å². The van der Waals surface area contributed by atoms with E-state index in [0.29, 0.717) is 6.42 Å². The van der Waals surface area contributed by atoms with Crippen molar-refractivity contribution in [2.75, 3.05) is 19.7 Å². The Hall–Kier alpha value is -1.22. The summed E-state index contributed by atoms with van der Waals surface area (Å²) >= 11 is 5.86. The molecule has 9 heteroatoms. The number of sulfonamides is 1. The Bertz CT molecular complexity index is 606. The van der Waals surface area contributed by atoms with E-state index in [1.807, 2.05) is 6.92 Å². The Balaban J connectivity index is 3.18. The normalized spacial score (nSPS) is 11.8. The van der Waals surface area contributed by atoms with E-state index in [-0.39, 0.29) is 35.3 Å². The molecule has 1 rings (SSSR count). The number of nitro benzene ring substituents is 1. The predicted molar refractivity (Wildman–Crippen MR) is 78.9 cm³/mol. The van der Waals surface area contributed by atoms with E-state index in [4.69, 9.17) is 16.7 Å². The molecule has 0 saturated carbocycles. The summed E-state index contributed by atoms with van der Waals surface area (Å²) in [7, 11) is -3.89. The van der Waals surface area contributed by atoms with Crippen LogP contribution in [-0.4, -0.2) is 42.4 Å². The van der Waals surface area contributed by atoms with E-state index in [2.05, 4.69) is 0 Å². The van der Waals surface area contributed by atoms with E-state index in [0.717, 1.165) is 28.9 Å². The molecule has 0 aliphatic heterocycles. The highest BCUT2D eigenvalue weighted by molar-refractivity contribution is 7.89. The molecule has 0 heterocycles. The smallest absolute Gasteiger partial charge is 0.271 e. The maximum absolute atomic E-state index is 12.5. The lowest BCUT2D eigenvalue weighted by molar-refractivity contribution is -0.384. The van der Waals surface area contributed by atoms with Crippen molar-refractivity contribution in [2.45, 2.75) is 24.7 Å². The minimum Gasteiger partial charge on any atom is -0.395 e. The molecule has 0 unspecified atom stereocenters. The van der Waals surface area contributed by atoms with Crippen molar-refractivity contribution in [1.29, 1.82) is 0 Å². The lowest BCUT2D eigenvalue weighted by Crippen LogP contribution is -2.34. The fourth-order valence-corrected chi connectivity index (χ4v) is 3.73. The number of unbranched alkanes of at least 4 members (excludes halogenated alkanes) is 1. The van der Waals surface area contributed by atoms with Crippen molar-refractivity contribution in [3.8, 4) is 0 Å². The summed E-state index contributed by atoms with van der Waals surface area (Å²) in [4.78, 5) is 9.80. The van der Waals surface area contributed by atoms with Crippen LogP contribution in [0.2, 0.25) is 5.02 Å². The van der Waals surface area contributed by atoms with Crippen LogP contribution in [-0.2, 0) is 10.0 Å². The second-order valence-electron chi connectivity index (χ2n) is 4.35. The van der Waals surface area contributed by atoms with Crippen molar-refractivity contribution in [1.82, 2.24) is 4.31 Å². The van der Waals surface area contributed by atoms with Crippen molar-refractivity contribution < 1.29 is 18.4 Å². The molecular formula is C12H17ClN2O5S. The second kappa shape index (κ2) is 7.69. The molecule has 0 aromatic heterocycles. The van der Waals surface area contributed by atoms with Crippen LogP contribution in [0, 0.1) is 10.1 Å². The monoisotopic (exact) mass is 336 g/mol. The quantitative estimate of drug-likeness (QED) is 0.578. The Morgan fingerprint density at radius 1 is 1.38 bits per heavy atom. The van der Waals surface area contributed by atoms with E-state index >= 15 is 0 Å². The van der Waals surface area contributed by atoms with Crippen molar-refractivity contribution in [3.63, 3.8) is 0 Å². The van der Waals surface area contributed by atoms with E-state index in [9.17, 15) is 18.5 Å². The minimum absolute atomic E-state index is 0.0460. The highest BCUT2D eigenvalue weighted by Gasteiger charge is 2.27. The van der Waals surface area contributed by atoms with Gasteiger partial charge in [0.2, 0.25) is 10.0 Å². The Kier molecular flexibility index (Phi) is 6.53. The van der Waals surface area contributed by atoms with Gasteiger partial charge in [-0.2, -0.15) is 4.31 Å². The van der Waals surface area contributed by atoms with Crippen LogP contribution in [0.25, 0.3) is 0 Å². The average Bonchev–Trinajstić information content (AvgIpc) is 2.42. The summed E-state index contributed by atoms with van der Waals surface area (Å²) in [6.45, 7) is 1.82. The lowest BCUT2D eigenvalue weighted by Gasteiger charge is -2.21. The molecule has 0 bridgehead atoms. The number of nitro groups is 1. The number of benzene rings is 1. The number of nitrogens with zero attached hydrogens (tertiary/aromatic N) is 2. The van der Waals surface area contributed by atoms with Gasteiger partial charge in [0.25, 0.3) is 5.69 Å². The highest BCUT2D eigenvalue weighted by Crippen LogP contribution is 2.28. The fraction of sp³-hybridized carbons (Fsp3) is 0.500. The summed E-state index contributed by atoms with van der Waals surface area (Å²) in [5, 5.41) is 19.4. The molecule has 1 N–H and O–H groups in total. The first kappa shape index (κ1) is 17.8. The highest BCUT2D eigenvalue weighted by atomic mass is 35.5.